The molecule has 0 saturated carbocycles. The lowest BCUT2D eigenvalue weighted by Gasteiger charge is -2.28. The molecule has 46 heavy (non-hydrogen) atoms. The molecule has 4 heterocycles. The number of fused-ring (bicyclic) bond motifs is 1. The van der Waals surface area contributed by atoms with Gasteiger partial charge in [0.05, 0.1) is 43.1 Å². The summed E-state index contributed by atoms with van der Waals surface area (Å²) in [6.07, 6.45) is 1.31. The minimum absolute atomic E-state index is 0.0249. The Morgan fingerprint density at radius 3 is 2.61 bits per heavy atom. The summed E-state index contributed by atoms with van der Waals surface area (Å²) in [5.74, 6) is -2.71. The van der Waals surface area contributed by atoms with Crippen molar-refractivity contribution in [2.75, 3.05) is 20.3 Å². The van der Waals surface area contributed by atoms with Crippen molar-refractivity contribution in [1.82, 2.24) is 19.5 Å². The van der Waals surface area contributed by atoms with Gasteiger partial charge < -0.3 is 23.9 Å². The van der Waals surface area contributed by atoms with Crippen molar-refractivity contribution in [3.8, 4) is 22.9 Å². The second-order valence-corrected chi connectivity index (χ2v) is 12.0. The van der Waals surface area contributed by atoms with Crippen molar-refractivity contribution in [3.63, 3.8) is 0 Å². The molecule has 3 aromatic heterocycles. The van der Waals surface area contributed by atoms with Crippen LogP contribution in [0, 0.1) is 22.9 Å². The Labute approximate surface area is 266 Å². The van der Waals surface area contributed by atoms with Crippen molar-refractivity contribution < 1.29 is 37.3 Å². The van der Waals surface area contributed by atoms with Crippen LogP contribution in [0.25, 0.3) is 22.3 Å². The molecule has 0 amide bonds. The maximum atomic E-state index is 15.7. The molecule has 9 nitrogen and oxygen atoms in total. The summed E-state index contributed by atoms with van der Waals surface area (Å²) in [5.41, 5.74) is 0.130. The normalized spacial score (nSPS) is 15.8. The Hall–Kier alpha value is -4.68. The molecule has 0 aliphatic carbocycles. The number of rotatable bonds is 9. The number of nitrogens with zero attached hydrogens (tertiary/aromatic N) is 4. The van der Waals surface area contributed by atoms with E-state index in [0.717, 1.165) is 18.2 Å². The molecule has 13 heteroatoms. The Kier molecular flexibility index (Phi) is 8.34. The Morgan fingerprint density at radius 1 is 1.09 bits per heavy atom. The van der Waals surface area contributed by atoms with Crippen LogP contribution in [0.3, 0.4) is 0 Å². The van der Waals surface area contributed by atoms with Crippen LogP contribution >= 0.6 is 11.6 Å². The van der Waals surface area contributed by atoms with Crippen LogP contribution in [-0.4, -0.2) is 50.9 Å². The average Bonchev–Trinajstić information content (AvgIpc) is 3.56. The zero-order chi connectivity index (χ0) is 32.7. The van der Waals surface area contributed by atoms with E-state index in [1.54, 1.807) is 22.8 Å². The van der Waals surface area contributed by atoms with Gasteiger partial charge in [-0.1, -0.05) is 31.5 Å². The zero-order valence-electron chi connectivity index (χ0n) is 25.0. The first-order valence-electron chi connectivity index (χ1n) is 14.2. The van der Waals surface area contributed by atoms with Crippen molar-refractivity contribution in [3.05, 3.63) is 99.8 Å². The molecule has 2 aromatic carbocycles. The van der Waals surface area contributed by atoms with Gasteiger partial charge >= 0.3 is 5.97 Å². The van der Waals surface area contributed by atoms with E-state index in [0.29, 0.717) is 17.9 Å². The van der Waals surface area contributed by atoms with Gasteiger partial charge in [-0.25, -0.2) is 32.9 Å². The van der Waals surface area contributed by atoms with Crippen molar-refractivity contribution in [1.29, 1.82) is 0 Å². The number of aromatic nitrogens is 4. The molecule has 0 bridgehead atoms. The lowest BCUT2D eigenvalue weighted by atomic mass is 9.87. The monoisotopic (exact) mass is 652 g/mol. The van der Waals surface area contributed by atoms with E-state index in [9.17, 15) is 9.90 Å². The fraction of sp³-hybridized carbons (Fsp3) is 0.273. The number of aromatic carboxylic acids is 1. The van der Waals surface area contributed by atoms with Crippen LogP contribution in [0.1, 0.15) is 47.2 Å². The van der Waals surface area contributed by atoms with E-state index >= 15 is 13.2 Å². The fourth-order valence-electron chi connectivity index (χ4n) is 5.60. The maximum Gasteiger partial charge on any atom is 0.335 e. The highest BCUT2D eigenvalue weighted by Crippen LogP contribution is 2.41. The standard InChI is InChI=1S/C33H28ClF3N4O5/c1-33(2)16-45-15-27(33)41-25-9-18(32(42)43)8-23(37)31(25)40-29(41)10-17-7-22(36)20(11-21(17)35)24-5-4-6-30(39-24)46-14-19-13-38-28(34)12-26(19)44-3/h4-9,11-13,27H,10,14-16H2,1-3H3,(H,42,43). The zero-order valence-corrected chi connectivity index (χ0v) is 25.7. The molecule has 6 rings (SSSR count). The average molecular weight is 653 g/mol. The molecule has 0 spiro atoms. The molecule has 5 aromatic rings. The van der Waals surface area contributed by atoms with E-state index in [-0.39, 0.29) is 76.0 Å². The predicted octanol–water partition coefficient (Wildman–Crippen LogP) is 7.04. The summed E-state index contributed by atoms with van der Waals surface area (Å²) < 4.78 is 64.9. The van der Waals surface area contributed by atoms with Crippen LogP contribution in [-0.2, 0) is 17.8 Å². The van der Waals surface area contributed by atoms with E-state index in [2.05, 4.69) is 15.0 Å². The van der Waals surface area contributed by atoms with Gasteiger partial charge in [0.25, 0.3) is 0 Å². The largest absolute Gasteiger partial charge is 0.496 e. The van der Waals surface area contributed by atoms with Crippen LogP contribution in [0.4, 0.5) is 13.2 Å². The smallest absolute Gasteiger partial charge is 0.335 e. The molecule has 238 valence electrons. The maximum absolute atomic E-state index is 15.7. The summed E-state index contributed by atoms with van der Waals surface area (Å²) in [6.45, 7) is 4.61. The minimum atomic E-state index is -1.30. The number of carboxylic acids is 1. The molecule has 1 aliphatic rings. The summed E-state index contributed by atoms with van der Waals surface area (Å²) in [7, 11) is 1.49. The Bertz CT molecular complexity index is 1980. The number of halogens is 4. The number of carboxylic acid groups (broad SMARTS) is 1. The number of methoxy groups -OCH3 is 1. The molecule has 1 fully saturated rings. The highest BCUT2D eigenvalue weighted by Gasteiger charge is 2.39. The number of hydrogen-bond donors (Lipinski definition) is 1. The topological polar surface area (TPSA) is 109 Å². The molecule has 1 unspecified atom stereocenters. The van der Waals surface area contributed by atoms with Crippen molar-refractivity contribution in [2.24, 2.45) is 5.41 Å². The summed E-state index contributed by atoms with van der Waals surface area (Å²) in [4.78, 5) is 24.5. The van der Waals surface area contributed by atoms with Crippen molar-refractivity contribution >= 4 is 28.6 Å². The third-order valence-corrected chi connectivity index (χ3v) is 8.23. The minimum Gasteiger partial charge on any atom is -0.496 e. The van der Waals surface area contributed by atoms with Gasteiger partial charge in [0.1, 0.15) is 40.5 Å². The molecule has 0 radical (unpaired) electrons. The van der Waals surface area contributed by atoms with Gasteiger partial charge in [-0.05, 0) is 35.9 Å². The fourth-order valence-corrected chi connectivity index (χ4v) is 5.75. The molecule has 1 aliphatic heterocycles. The number of pyridine rings is 2. The van der Waals surface area contributed by atoms with E-state index in [1.807, 2.05) is 13.8 Å². The second-order valence-electron chi connectivity index (χ2n) is 11.6. The van der Waals surface area contributed by atoms with Crippen LogP contribution in [0.5, 0.6) is 11.6 Å². The Balaban J connectivity index is 1.33. The van der Waals surface area contributed by atoms with Crippen LogP contribution < -0.4 is 9.47 Å². The number of hydrogen-bond acceptors (Lipinski definition) is 7. The quantitative estimate of drug-likeness (QED) is 0.169. The van der Waals surface area contributed by atoms with Crippen molar-refractivity contribution in [2.45, 2.75) is 32.9 Å². The first-order valence-corrected chi connectivity index (χ1v) is 14.6. The number of imidazole rings is 1. The van der Waals surface area contributed by atoms with E-state index in [1.165, 1.54) is 25.4 Å². The number of carbonyl (C=O) groups is 1. The SMILES string of the molecule is COc1cc(Cl)ncc1COc1cccc(-c2cc(F)c(Cc3nc4c(F)cc(C(=O)O)cc4n3C3COCC3(C)C)cc2F)n1. The second kappa shape index (κ2) is 12.3. The Morgan fingerprint density at radius 2 is 1.89 bits per heavy atom. The highest BCUT2D eigenvalue weighted by molar-refractivity contribution is 6.29. The number of benzene rings is 2. The van der Waals surface area contributed by atoms with Crippen LogP contribution in [0.15, 0.2) is 54.7 Å². The van der Waals surface area contributed by atoms with Gasteiger partial charge in [0, 0.05) is 41.3 Å². The summed E-state index contributed by atoms with van der Waals surface area (Å²) >= 11 is 5.92. The lowest BCUT2D eigenvalue weighted by Crippen LogP contribution is -2.27. The third kappa shape index (κ3) is 5.97. The van der Waals surface area contributed by atoms with Gasteiger partial charge in [0.2, 0.25) is 5.88 Å². The third-order valence-electron chi connectivity index (χ3n) is 8.02. The predicted molar refractivity (Wildman–Crippen MR) is 163 cm³/mol. The number of ether oxygens (including phenoxy) is 3. The first-order chi connectivity index (χ1) is 21.9. The molecular formula is C33H28ClF3N4O5. The van der Waals surface area contributed by atoms with Gasteiger partial charge in [-0.3, -0.25) is 0 Å². The van der Waals surface area contributed by atoms with Crippen LogP contribution in [0.2, 0.25) is 5.15 Å². The molecule has 1 N–H and O–H groups in total. The molecular weight excluding hydrogens is 625 g/mol. The van der Waals surface area contributed by atoms with Gasteiger partial charge in [-0.2, -0.15) is 0 Å². The lowest BCUT2D eigenvalue weighted by molar-refractivity contribution is 0.0696. The molecule has 1 saturated heterocycles. The van der Waals surface area contributed by atoms with E-state index < -0.39 is 28.8 Å². The molecule has 1 atom stereocenters. The summed E-state index contributed by atoms with van der Waals surface area (Å²) in [6, 6.07) is 10.2. The van der Waals surface area contributed by atoms with Gasteiger partial charge in [0.15, 0.2) is 5.82 Å². The first kappa shape index (κ1) is 31.3. The highest BCUT2D eigenvalue weighted by atomic mass is 35.5. The van der Waals surface area contributed by atoms with E-state index in [4.69, 9.17) is 25.8 Å². The van der Waals surface area contributed by atoms with Gasteiger partial charge in [-0.15, -0.1) is 0 Å². The summed E-state index contributed by atoms with van der Waals surface area (Å²) in [5, 5.41) is 9.81.